The third-order valence-electron chi connectivity index (χ3n) is 2.41. The van der Waals surface area contributed by atoms with Gasteiger partial charge in [0.15, 0.2) is 15.7 Å². The van der Waals surface area contributed by atoms with Gasteiger partial charge in [-0.3, -0.25) is 0 Å². The molecule has 0 fully saturated rings. The summed E-state index contributed by atoms with van der Waals surface area (Å²) in [5, 5.41) is 15.9. The van der Waals surface area contributed by atoms with Crippen molar-refractivity contribution < 1.29 is 12.9 Å². The van der Waals surface area contributed by atoms with E-state index in [-0.39, 0.29) is 15.5 Å². The SMILES string of the molecule is CS(=O)(=O)c1c(NCCc2ncon2)sc(C#N)c1N. The summed E-state index contributed by atoms with van der Waals surface area (Å²) in [5.74, 6) is 0.503. The quantitative estimate of drug-likeness (QED) is 0.821. The molecule has 0 saturated carbocycles. The number of hydrogen-bond donors (Lipinski definition) is 2. The zero-order chi connectivity index (χ0) is 14.8. The maximum absolute atomic E-state index is 11.7. The monoisotopic (exact) mass is 313 g/mol. The van der Waals surface area contributed by atoms with Crippen LogP contribution in [0.2, 0.25) is 0 Å². The molecular weight excluding hydrogens is 302 g/mol. The standard InChI is InChI=1S/C10H11N5O3S2/c1-20(16,17)9-8(12)6(4-11)19-10(9)13-3-2-7-14-5-18-15-7/h5,13H,2-3,12H2,1H3. The van der Waals surface area contributed by atoms with E-state index < -0.39 is 9.84 Å². The van der Waals surface area contributed by atoms with E-state index >= 15 is 0 Å². The molecule has 0 aromatic carbocycles. The maximum Gasteiger partial charge on any atom is 0.213 e. The van der Waals surface area contributed by atoms with Crippen molar-refractivity contribution in [1.29, 1.82) is 5.26 Å². The van der Waals surface area contributed by atoms with E-state index in [1.807, 2.05) is 6.07 Å². The Kier molecular flexibility index (Phi) is 3.91. The Balaban J connectivity index is 2.21. The topological polar surface area (TPSA) is 135 Å². The summed E-state index contributed by atoms with van der Waals surface area (Å²) in [7, 11) is -3.52. The molecule has 0 atom stereocenters. The average Bonchev–Trinajstić information content (AvgIpc) is 2.96. The highest BCUT2D eigenvalue weighted by Gasteiger charge is 2.23. The number of nitrogens with one attached hydrogen (secondary N) is 1. The van der Waals surface area contributed by atoms with Crippen molar-refractivity contribution in [2.75, 3.05) is 23.9 Å². The summed E-state index contributed by atoms with van der Waals surface area (Å²) >= 11 is 1.01. The fourth-order valence-corrected chi connectivity index (χ4v) is 3.98. The van der Waals surface area contributed by atoms with Gasteiger partial charge in [-0.05, 0) is 0 Å². The molecule has 2 rings (SSSR count). The zero-order valence-corrected chi connectivity index (χ0v) is 12.1. The number of nitriles is 1. The smallest absolute Gasteiger partial charge is 0.213 e. The number of aromatic nitrogens is 2. The Hall–Kier alpha value is -2.12. The first-order chi connectivity index (χ1) is 9.43. The third-order valence-corrected chi connectivity index (χ3v) is 4.78. The summed E-state index contributed by atoms with van der Waals surface area (Å²) < 4.78 is 28.1. The molecule has 2 aromatic heterocycles. The van der Waals surface area contributed by atoms with E-state index in [4.69, 9.17) is 11.0 Å². The minimum absolute atomic E-state index is 0.0120. The number of anilines is 2. The molecule has 0 radical (unpaired) electrons. The number of hydrogen-bond acceptors (Lipinski definition) is 9. The highest BCUT2D eigenvalue weighted by Crippen LogP contribution is 2.38. The second-order valence-electron chi connectivity index (χ2n) is 3.91. The van der Waals surface area contributed by atoms with Gasteiger partial charge in [0.2, 0.25) is 6.39 Å². The highest BCUT2D eigenvalue weighted by molar-refractivity contribution is 7.91. The first kappa shape index (κ1) is 14.3. The number of nitrogens with zero attached hydrogens (tertiary/aromatic N) is 3. The lowest BCUT2D eigenvalue weighted by Crippen LogP contribution is -2.09. The number of nitrogen functional groups attached to an aromatic ring is 1. The molecule has 0 amide bonds. The van der Waals surface area contributed by atoms with Gasteiger partial charge in [0.25, 0.3) is 0 Å². The highest BCUT2D eigenvalue weighted by atomic mass is 32.2. The molecule has 106 valence electrons. The van der Waals surface area contributed by atoms with Crippen LogP contribution < -0.4 is 11.1 Å². The summed E-state index contributed by atoms with van der Waals surface area (Å²) in [5.41, 5.74) is 5.68. The zero-order valence-electron chi connectivity index (χ0n) is 10.5. The Morgan fingerprint density at radius 3 is 2.90 bits per heavy atom. The van der Waals surface area contributed by atoms with Crippen LogP contribution in [0.1, 0.15) is 10.7 Å². The van der Waals surface area contributed by atoms with E-state index in [1.165, 1.54) is 6.39 Å². The summed E-state index contributed by atoms with van der Waals surface area (Å²) in [6.45, 7) is 0.396. The lowest BCUT2D eigenvalue weighted by atomic mass is 10.4. The van der Waals surface area contributed by atoms with Crippen molar-refractivity contribution in [3.05, 3.63) is 17.1 Å². The summed E-state index contributed by atoms with van der Waals surface area (Å²) in [6, 6.07) is 1.88. The molecule has 2 heterocycles. The molecule has 20 heavy (non-hydrogen) atoms. The van der Waals surface area contributed by atoms with Crippen molar-refractivity contribution in [2.24, 2.45) is 0 Å². The van der Waals surface area contributed by atoms with Crippen LogP contribution in [0.15, 0.2) is 15.8 Å². The van der Waals surface area contributed by atoms with Crippen LogP contribution in [0.5, 0.6) is 0 Å². The second kappa shape index (κ2) is 5.48. The van der Waals surface area contributed by atoms with Gasteiger partial charge < -0.3 is 15.6 Å². The fourth-order valence-electron chi connectivity index (χ4n) is 1.59. The first-order valence-electron chi connectivity index (χ1n) is 5.45. The molecule has 8 nitrogen and oxygen atoms in total. The van der Waals surface area contributed by atoms with Crippen LogP contribution in [-0.2, 0) is 16.3 Å². The van der Waals surface area contributed by atoms with Gasteiger partial charge in [-0.25, -0.2) is 8.42 Å². The largest absolute Gasteiger partial charge is 0.396 e. The van der Waals surface area contributed by atoms with Crippen LogP contribution in [0, 0.1) is 11.3 Å². The Morgan fingerprint density at radius 2 is 2.35 bits per heavy atom. The summed E-state index contributed by atoms with van der Waals surface area (Å²) in [6.07, 6.45) is 2.73. The Morgan fingerprint density at radius 1 is 1.60 bits per heavy atom. The van der Waals surface area contributed by atoms with Crippen LogP contribution in [0.4, 0.5) is 10.7 Å². The second-order valence-corrected chi connectivity index (χ2v) is 6.88. The minimum Gasteiger partial charge on any atom is -0.396 e. The molecule has 0 aliphatic rings. The molecular formula is C10H11N5O3S2. The number of rotatable bonds is 5. The molecule has 0 spiro atoms. The molecule has 0 bridgehead atoms. The molecule has 3 N–H and O–H groups in total. The lowest BCUT2D eigenvalue weighted by molar-refractivity contribution is 0.410. The first-order valence-corrected chi connectivity index (χ1v) is 8.15. The van der Waals surface area contributed by atoms with E-state index in [0.717, 1.165) is 17.6 Å². The lowest BCUT2D eigenvalue weighted by Gasteiger charge is -2.05. The normalized spacial score (nSPS) is 11.2. The van der Waals surface area contributed by atoms with Crippen LogP contribution in [-0.4, -0.2) is 31.4 Å². The molecule has 0 saturated heterocycles. The van der Waals surface area contributed by atoms with Gasteiger partial charge in [0.1, 0.15) is 20.8 Å². The fraction of sp³-hybridized carbons (Fsp3) is 0.300. The maximum atomic E-state index is 11.7. The van der Waals surface area contributed by atoms with Crippen LogP contribution in [0.3, 0.4) is 0 Å². The summed E-state index contributed by atoms with van der Waals surface area (Å²) in [4.78, 5) is 3.99. The van der Waals surface area contributed by atoms with Crippen molar-refractivity contribution in [3.8, 4) is 6.07 Å². The van der Waals surface area contributed by atoms with Crippen LogP contribution in [0.25, 0.3) is 0 Å². The van der Waals surface area contributed by atoms with Gasteiger partial charge in [-0.1, -0.05) is 5.16 Å². The van der Waals surface area contributed by atoms with Crippen LogP contribution >= 0.6 is 11.3 Å². The average molecular weight is 313 g/mol. The van der Waals surface area contributed by atoms with E-state index in [0.29, 0.717) is 23.8 Å². The van der Waals surface area contributed by atoms with Gasteiger partial charge in [-0.15, -0.1) is 11.3 Å². The Labute approximate surface area is 119 Å². The van der Waals surface area contributed by atoms with Crippen molar-refractivity contribution in [3.63, 3.8) is 0 Å². The van der Waals surface area contributed by atoms with Gasteiger partial charge >= 0.3 is 0 Å². The molecule has 0 aliphatic carbocycles. The molecule has 2 aromatic rings. The minimum atomic E-state index is -3.52. The third kappa shape index (κ3) is 2.89. The van der Waals surface area contributed by atoms with E-state index in [2.05, 4.69) is 20.0 Å². The van der Waals surface area contributed by atoms with Crippen molar-refractivity contribution >= 4 is 31.9 Å². The van der Waals surface area contributed by atoms with Gasteiger partial charge in [-0.2, -0.15) is 10.2 Å². The van der Waals surface area contributed by atoms with Gasteiger partial charge in [0.05, 0.1) is 5.69 Å². The number of thiophene rings is 1. The molecule has 0 unspecified atom stereocenters. The number of sulfone groups is 1. The molecule has 10 heteroatoms. The van der Waals surface area contributed by atoms with Gasteiger partial charge in [0, 0.05) is 19.2 Å². The van der Waals surface area contributed by atoms with Crippen molar-refractivity contribution in [1.82, 2.24) is 10.1 Å². The predicted octanol–water partition coefficient (Wildman–Crippen LogP) is 0.643. The number of nitrogens with two attached hydrogens (primary N) is 1. The van der Waals surface area contributed by atoms with Crippen molar-refractivity contribution in [2.45, 2.75) is 11.3 Å². The predicted molar refractivity (Wildman–Crippen MR) is 73.0 cm³/mol. The molecule has 0 aliphatic heterocycles. The Bertz CT molecular complexity index is 743. The van der Waals surface area contributed by atoms with E-state index in [1.54, 1.807) is 0 Å². The van der Waals surface area contributed by atoms with E-state index in [9.17, 15) is 8.42 Å².